The number of hydrogen-bond acceptors (Lipinski definition) is 3. The molecule has 0 aromatic carbocycles. The summed E-state index contributed by atoms with van der Waals surface area (Å²) in [5, 5.41) is 4.42. The van der Waals surface area contributed by atoms with Gasteiger partial charge >= 0.3 is 0 Å². The van der Waals surface area contributed by atoms with Crippen molar-refractivity contribution >= 4 is 9.84 Å². The van der Waals surface area contributed by atoms with Gasteiger partial charge in [-0.25, -0.2) is 8.42 Å². The predicted octanol–water partition coefficient (Wildman–Crippen LogP) is -0.0918. The summed E-state index contributed by atoms with van der Waals surface area (Å²) in [7, 11) is -2.91. The lowest BCUT2D eigenvalue weighted by Crippen LogP contribution is -2.05. The van der Waals surface area contributed by atoms with Gasteiger partial charge in [0.1, 0.15) is 0 Å². The Bertz CT molecular complexity index is 232. The summed E-state index contributed by atoms with van der Waals surface area (Å²) in [6.07, 6.45) is 2.09. The second-order valence-electron chi connectivity index (χ2n) is 2.53. The Balaban J connectivity index is 2.72. The minimum absolute atomic E-state index is 0.729. The summed E-state index contributed by atoms with van der Waals surface area (Å²) in [6.45, 7) is 1.63. The van der Waals surface area contributed by atoms with Gasteiger partial charge in [-0.3, -0.25) is 0 Å². The smallest absolute Gasteiger partial charge is 0.168 e. The van der Waals surface area contributed by atoms with Crippen LogP contribution in [-0.2, 0) is 9.84 Å². The van der Waals surface area contributed by atoms with Crippen LogP contribution in [0.1, 0.15) is 6.42 Å². The Labute approximate surface area is 61.0 Å². The lowest BCUT2D eigenvalue weighted by Gasteiger charge is -1.90. The van der Waals surface area contributed by atoms with Crippen LogP contribution < -0.4 is 5.32 Å². The molecule has 0 saturated carbocycles. The summed E-state index contributed by atoms with van der Waals surface area (Å²) in [6, 6.07) is 0. The van der Waals surface area contributed by atoms with Crippen LogP contribution in [0, 0.1) is 0 Å². The topological polar surface area (TPSA) is 46.2 Å². The Kier molecular flexibility index (Phi) is 2.11. The van der Waals surface area contributed by atoms with E-state index in [2.05, 4.69) is 5.32 Å². The average molecular weight is 161 g/mol. The summed E-state index contributed by atoms with van der Waals surface area (Å²) >= 11 is 0. The van der Waals surface area contributed by atoms with Crippen LogP contribution in [0.2, 0.25) is 0 Å². The van der Waals surface area contributed by atoms with Crippen molar-refractivity contribution in [3.8, 4) is 0 Å². The fraction of sp³-hybridized carbons (Fsp3) is 0.667. The van der Waals surface area contributed by atoms with Crippen LogP contribution in [0.3, 0.4) is 0 Å². The van der Waals surface area contributed by atoms with Crippen LogP contribution in [0.25, 0.3) is 0 Å². The van der Waals surface area contributed by atoms with Gasteiger partial charge in [-0.2, -0.15) is 0 Å². The molecule has 1 rings (SSSR count). The minimum atomic E-state index is -2.91. The highest BCUT2D eigenvalue weighted by atomic mass is 32.2. The number of rotatable bonds is 1. The van der Waals surface area contributed by atoms with E-state index in [9.17, 15) is 8.42 Å². The molecule has 10 heavy (non-hydrogen) atoms. The third-order valence-electron chi connectivity index (χ3n) is 1.36. The summed E-state index contributed by atoms with van der Waals surface area (Å²) < 4.78 is 21.4. The summed E-state index contributed by atoms with van der Waals surface area (Å²) in [5.41, 5.74) is 0.988. The van der Waals surface area contributed by atoms with E-state index in [1.54, 1.807) is 0 Å². The van der Waals surface area contributed by atoms with E-state index in [0.717, 1.165) is 25.1 Å². The van der Waals surface area contributed by atoms with Crippen molar-refractivity contribution in [2.75, 3.05) is 19.3 Å². The van der Waals surface area contributed by atoms with E-state index in [4.69, 9.17) is 0 Å². The van der Waals surface area contributed by atoms with Crippen molar-refractivity contribution in [1.82, 2.24) is 5.32 Å². The fourth-order valence-electron chi connectivity index (χ4n) is 0.990. The van der Waals surface area contributed by atoms with Crippen molar-refractivity contribution in [3.63, 3.8) is 0 Å². The van der Waals surface area contributed by atoms with Gasteiger partial charge in [0.25, 0.3) is 0 Å². The molecule has 1 heterocycles. The minimum Gasteiger partial charge on any atom is -0.313 e. The van der Waals surface area contributed by atoms with E-state index in [1.165, 1.54) is 11.7 Å². The highest BCUT2D eigenvalue weighted by molar-refractivity contribution is 7.93. The van der Waals surface area contributed by atoms with Gasteiger partial charge in [-0.15, -0.1) is 0 Å². The normalized spacial score (nSPS) is 23.9. The molecule has 0 bridgehead atoms. The van der Waals surface area contributed by atoms with Gasteiger partial charge in [0, 0.05) is 18.2 Å². The maximum absolute atomic E-state index is 10.7. The quantitative estimate of drug-likeness (QED) is 0.584. The third kappa shape index (κ3) is 2.49. The van der Waals surface area contributed by atoms with Crippen molar-refractivity contribution in [2.24, 2.45) is 0 Å². The second-order valence-corrected chi connectivity index (χ2v) is 4.43. The molecule has 1 fully saturated rings. The first kappa shape index (κ1) is 7.75. The Morgan fingerprint density at radius 2 is 2.30 bits per heavy atom. The second kappa shape index (κ2) is 2.72. The SMILES string of the molecule is CS(=O)(=O)C=C1CCNC1. The summed E-state index contributed by atoms with van der Waals surface area (Å²) in [5.74, 6) is 0. The lowest BCUT2D eigenvalue weighted by atomic mass is 10.3. The molecule has 0 unspecified atom stereocenters. The van der Waals surface area contributed by atoms with Gasteiger partial charge in [-0.05, 0) is 18.5 Å². The molecule has 4 heteroatoms. The zero-order valence-electron chi connectivity index (χ0n) is 5.92. The predicted molar refractivity (Wildman–Crippen MR) is 40.4 cm³/mol. The summed E-state index contributed by atoms with van der Waals surface area (Å²) in [4.78, 5) is 0. The molecule has 1 N–H and O–H groups in total. The van der Waals surface area contributed by atoms with Crippen LogP contribution in [-0.4, -0.2) is 27.8 Å². The molecular formula is C6H11NO2S. The molecule has 0 amide bonds. The van der Waals surface area contributed by atoms with Gasteiger partial charge in [0.15, 0.2) is 9.84 Å². The van der Waals surface area contributed by atoms with Gasteiger partial charge in [0.2, 0.25) is 0 Å². The number of nitrogens with one attached hydrogen (secondary N) is 1. The van der Waals surface area contributed by atoms with Crippen LogP contribution in [0.4, 0.5) is 0 Å². The third-order valence-corrected chi connectivity index (χ3v) is 2.12. The first-order chi connectivity index (χ1) is 4.58. The molecule has 1 saturated heterocycles. The number of hydrogen-bond donors (Lipinski definition) is 1. The van der Waals surface area contributed by atoms with Gasteiger partial charge < -0.3 is 5.32 Å². The maximum atomic E-state index is 10.7. The highest BCUT2D eigenvalue weighted by Crippen LogP contribution is 2.06. The molecule has 0 radical (unpaired) electrons. The van der Waals surface area contributed by atoms with Crippen molar-refractivity contribution < 1.29 is 8.42 Å². The highest BCUT2D eigenvalue weighted by Gasteiger charge is 2.07. The van der Waals surface area contributed by atoms with Crippen molar-refractivity contribution in [2.45, 2.75) is 6.42 Å². The van der Waals surface area contributed by atoms with Crippen LogP contribution in [0.5, 0.6) is 0 Å². The van der Waals surface area contributed by atoms with E-state index in [0.29, 0.717) is 0 Å². The molecule has 0 aliphatic carbocycles. The van der Waals surface area contributed by atoms with Gasteiger partial charge in [-0.1, -0.05) is 0 Å². The molecule has 0 aromatic rings. The largest absolute Gasteiger partial charge is 0.313 e. The van der Waals surface area contributed by atoms with E-state index in [-0.39, 0.29) is 0 Å². The molecular weight excluding hydrogens is 150 g/mol. The Hall–Kier alpha value is -0.350. The van der Waals surface area contributed by atoms with E-state index >= 15 is 0 Å². The van der Waals surface area contributed by atoms with E-state index in [1.807, 2.05) is 0 Å². The molecule has 1 aliphatic rings. The zero-order chi connectivity index (χ0) is 7.61. The van der Waals surface area contributed by atoms with Crippen molar-refractivity contribution in [1.29, 1.82) is 0 Å². The average Bonchev–Trinajstić information content (AvgIpc) is 2.12. The molecule has 3 nitrogen and oxygen atoms in total. The molecule has 1 aliphatic heterocycles. The first-order valence-electron chi connectivity index (χ1n) is 3.18. The number of sulfone groups is 1. The van der Waals surface area contributed by atoms with Gasteiger partial charge in [0.05, 0.1) is 0 Å². The first-order valence-corrected chi connectivity index (χ1v) is 5.13. The fourth-order valence-corrected chi connectivity index (χ4v) is 1.80. The Morgan fingerprint density at radius 1 is 1.60 bits per heavy atom. The van der Waals surface area contributed by atoms with Crippen LogP contribution in [0.15, 0.2) is 11.0 Å². The standard InChI is InChI=1S/C6H11NO2S/c1-10(8,9)5-6-2-3-7-4-6/h5,7H,2-4H2,1H3. The monoisotopic (exact) mass is 161 g/mol. The molecule has 0 spiro atoms. The van der Waals surface area contributed by atoms with Crippen molar-refractivity contribution in [3.05, 3.63) is 11.0 Å². The zero-order valence-corrected chi connectivity index (χ0v) is 6.74. The van der Waals surface area contributed by atoms with Crippen LogP contribution >= 0.6 is 0 Å². The molecule has 0 atom stereocenters. The Morgan fingerprint density at radius 3 is 2.70 bits per heavy atom. The lowest BCUT2D eigenvalue weighted by molar-refractivity contribution is 0.609. The maximum Gasteiger partial charge on any atom is 0.168 e. The van der Waals surface area contributed by atoms with E-state index < -0.39 is 9.84 Å². The molecule has 0 aromatic heterocycles. The molecule has 58 valence electrons.